The number of rotatable bonds is 4. The Labute approximate surface area is 106 Å². The molecular weight excluding hydrogens is 233 g/mol. The Morgan fingerprint density at radius 3 is 2.39 bits per heavy atom. The molecule has 0 bridgehead atoms. The first-order chi connectivity index (χ1) is 8.53. The van der Waals surface area contributed by atoms with E-state index in [1.807, 2.05) is 0 Å². The van der Waals surface area contributed by atoms with E-state index < -0.39 is 12.0 Å². The third-order valence-corrected chi connectivity index (χ3v) is 3.95. The third kappa shape index (κ3) is 2.53. The molecule has 1 atom stereocenters. The summed E-state index contributed by atoms with van der Waals surface area (Å²) >= 11 is 0. The van der Waals surface area contributed by atoms with Gasteiger partial charge in [-0.05, 0) is 42.4 Å². The summed E-state index contributed by atoms with van der Waals surface area (Å²) < 4.78 is 13.0. The van der Waals surface area contributed by atoms with Gasteiger partial charge in [-0.1, -0.05) is 25.0 Å². The monoisotopic (exact) mass is 251 g/mol. The van der Waals surface area contributed by atoms with Crippen molar-refractivity contribution in [2.45, 2.75) is 43.6 Å². The van der Waals surface area contributed by atoms with Crippen LogP contribution in [0.2, 0.25) is 0 Å². The zero-order chi connectivity index (χ0) is 13.2. The van der Waals surface area contributed by atoms with E-state index in [9.17, 15) is 9.18 Å². The van der Waals surface area contributed by atoms with E-state index in [1.165, 1.54) is 12.1 Å². The molecule has 1 aromatic carbocycles. The second kappa shape index (κ2) is 5.06. The molecule has 98 valence electrons. The van der Waals surface area contributed by atoms with Gasteiger partial charge in [0.15, 0.2) is 0 Å². The Kier molecular flexibility index (Phi) is 3.66. The van der Waals surface area contributed by atoms with Crippen LogP contribution in [-0.2, 0) is 10.2 Å². The quantitative estimate of drug-likeness (QED) is 0.864. The van der Waals surface area contributed by atoms with Crippen molar-refractivity contribution < 1.29 is 14.3 Å². The topological polar surface area (TPSA) is 63.3 Å². The molecule has 3 N–H and O–H groups in total. The number of aliphatic carboxylic acids is 1. The average Bonchev–Trinajstić information content (AvgIpc) is 2.79. The van der Waals surface area contributed by atoms with Gasteiger partial charge >= 0.3 is 5.97 Å². The molecule has 0 spiro atoms. The molecule has 1 unspecified atom stereocenters. The minimum Gasteiger partial charge on any atom is -0.480 e. The Balaban J connectivity index is 2.26. The molecule has 2 rings (SSSR count). The van der Waals surface area contributed by atoms with Crippen molar-refractivity contribution in [2.24, 2.45) is 5.73 Å². The predicted octanol–water partition coefficient (Wildman–Crippen LogP) is 2.44. The summed E-state index contributed by atoms with van der Waals surface area (Å²) in [6.45, 7) is 0. The van der Waals surface area contributed by atoms with Crippen molar-refractivity contribution in [3.63, 3.8) is 0 Å². The molecule has 1 aliphatic rings. The Bertz CT molecular complexity index is 424. The first-order valence-corrected chi connectivity index (χ1v) is 6.28. The lowest BCUT2D eigenvalue weighted by atomic mass is 9.74. The maximum absolute atomic E-state index is 13.0. The first kappa shape index (κ1) is 13.0. The van der Waals surface area contributed by atoms with Gasteiger partial charge < -0.3 is 10.8 Å². The second-order valence-corrected chi connectivity index (χ2v) is 5.14. The lowest BCUT2D eigenvalue weighted by Gasteiger charge is -2.31. The second-order valence-electron chi connectivity index (χ2n) is 5.14. The van der Waals surface area contributed by atoms with Crippen LogP contribution >= 0.6 is 0 Å². The molecule has 0 amide bonds. The minimum absolute atomic E-state index is 0.189. The number of halogens is 1. The van der Waals surface area contributed by atoms with Crippen LogP contribution in [0.1, 0.15) is 37.7 Å². The van der Waals surface area contributed by atoms with E-state index in [2.05, 4.69) is 0 Å². The number of carbonyl (C=O) groups is 1. The average molecular weight is 251 g/mol. The molecule has 1 saturated carbocycles. The van der Waals surface area contributed by atoms with Crippen LogP contribution in [0.5, 0.6) is 0 Å². The Morgan fingerprint density at radius 2 is 1.89 bits per heavy atom. The smallest absolute Gasteiger partial charge is 0.320 e. The lowest BCUT2D eigenvalue weighted by molar-refractivity contribution is -0.139. The fraction of sp³-hybridized carbons (Fsp3) is 0.500. The Morgan fingerprint density at radius 1 is 1.33 bits per heavy atom. The minimum atomic E-state index is -0.969. The highest BCUT2D eigenvalue weighted by Crippen LogP contribution is 2.44. The maximum Gasteiger partial charge on any atom is 0.320 e. The van der Waals surface area contributed by atoms with Crippen LogP contribution in [-0.4, -0.2) is 17.1 Å². The zero-order valence-electron chi connectivity index (χ0n) is 10.2. The fourth-order valence-electron chi connectivity index (χ4n) is 2.97. The van der Waals surface area contributed by atoms with E-state index in [-0.39, 0.29) is 11.2 Å². The molecule has 1 aliphatic carbocycles. The molecular formula is C14H18FNO2. The van der Waals surface area contributed by atoms with Gasteiger partial charge in [-0.3, -0.25) is 4.79 Å². The molecule has 0 heterocycles. The highest BCUT2D eigenvalue weighted by atomic mass is 19.1. The fourth-order valence-corrected chi connectivity index (χ4v) is 2.97. The van der Waals surface area contributed by atoms with Crippen molar-refractivity contribution in [1.82, 2.24) is 0 Å². The molecule has 0 aromatic heterocycles. The van der Waals surface area contributed by atoms with Crippen molar-refractivity contribution >= 4 is 5.97 Å². The molecule has 1 aromatic rings. The van der Waals surface area contributed by atoms with E-state index in [1.54, 1.807) is 12.1 Å². The normalized spacial score (nSPS) is 19.7. The summed E-state index contributed by atoms with van der Waals surface area (Å²) in [6.07, 6.45) is 4.43. The number of carboxylic acids is 1. The van der Waals surface area contributed by atoms with Gasteiger partial charge in [0.1, 0.15) is 11.9 Å². The highest BCUT2D eigenvalue weighted by molar-refractivity contribution is 5.73. The van der Waals surface area contributed by atoms with Crippen LogP contribution in [0.4, 0.5) is 4.39 Å². The van der Waals surface area contributed by atoms with Crippen LogP contribution in [0.3, 0.4) is 0 Å². The molecule has 0 radical (unpaired) electrons. The van der Waals surface area contributed by atoms with E-state index in [4.69, 9.17) is 10.8 Å². The van der Waals surface area contributed by atoms with Gasteiger partial charge in [0, 0.05) is 0 Å². The molecule has 3 nitrogen and oxygen atoms in total. The van der Waals surface area contributed by atoms with Crippen molar-refractivity contribution in [2.75, 3.05) is 0 Å². The number of benzene rings is 1. The van der Waals surface area contributed by atoms with Crippen molar-refractivity contribution in [3.05, 3.63) is 35.6 Å². The van der Waals surface area contributed by atoms with Crippen LogP contribution in [0, 0.1) is 5.82 Å². The van der Waals surface area contributed by atoms with Gasteiger partial charge in [-0.25, -0.2) is 4.39 Å². The van der Waals surface area contributed by atoms with Crippen LogP contribution in [0.15, 0.2) is 24.3 Å². The predicted molar refractivity (Wildman–Crippen MR) is 66.8 cm³/mol. The van der Waals surface area contributed by atoms with Crippen LogP contribution in [0.25, 0.3) is 0 Å². The van der Waals surface area contributed by atoms with E-state index in [0.717, 1.165) is 31.2 Å². The summed E-state index contributed by atoms with van der Waals surface area (Å²) in [5, 5.41) is 8.96. The molecule has 18 heavy (non-hydrogen) atoms. The van der Waals surface area contributed by atoms with Gasteiger partial charge in [0.25, 0.3) is 0 Å². The number of nitrogens with two attached hydrogens (primary N) is 1. The van der Waals surface area contributed by atoms with Gasteiger partial charge in [0.05, 0.1) is 0 Å². The summed E-state index contributed by atoms with van der Waals surface area (Å²) in [5.74, 6) is -1.24. The summed E-state index contributed by atoms with van der Waals surface area (Å²) in [5.41, 5.74) is 6.50. The van der Waals surface area contributed by atoms with Crippen LogP contribution < -0.4 is 5.73 Å². The lowest BCUT2D eigenvalue weighted by Crippen LogP contribution is -2.38. The molecule has 4 heteroatoms. The van der Waals surface area contributed by atoms with Gasteiger partial charge in [-0.2, -0.15) is 0 Å². The Hall–Kier alpha value is -1.42. The summed E-state index contributed by atoms with van der Waals surface area (Å²) in [7, 11) is 0. The van der Waals surface area contributed by atoms with Gasteiger partial charge in [0.2, 0.25) is 0 Å². The maximum atomic E-state index is 13.0. The highest BCUT2D eigenvalue weighted by Gasteiger charge is 2.38. The number of hydrogen-bond donors (Lipinski definition) is 2. The number of carboxylic acid groups (broad SMARTS) is 1. The SMILES string of the molecule is NC(CC1(c2ccc(F)cc2)CCCC1)C(=O)O. The molecule has 1 fully saturated rings. The first-order valence-electron chi connectivity index (χ1n) is 6.28. The summed E-state index contributed by atoms with van der Waals surface area (Å²) in [6, 6.07) is 5.53. The molecule has 0 aliphatic heterocycles. The molecule has 0 saturated heterocycles. The summed E-state index contributed by atoms with van der Waals surface area (Å²) in [4.78, 5) is 10.9. The van der Waals surface area contributed by atoms with E-state index >= 15 is 0 Å². The number of hydrogen-bond acceptors (Lipinski definition) is 2. The third-order valence-electron chi connectivity index (χ3n) is 3.95. The van der Waals surface area contributed by atoms with Crippen molar-refractivity contribution in [3.8, 4) is 0 Å². The van der Waals surface area contributed by atoms with Crippen molar-refractivity contribution in [1.29, 1.82) is 0 Å². The van der Waals surface area contributed by atoms with Gasteiger partial charge in [-0.15, -0.1) is 0 Å². The zero-order valence-corrected chi connectivity index (χ0v) is 10.2. The largest absolute Gasteiger partial charge is 0.480 e. The van der Waals surface area contributed by atoms with E-state index in [0.29, 0.717) is 6.42 Å². The standard InChI is InChI=1S/C14H18FNO2/c15-11-5-3-10(4-6-11)14(7-1-2-8-14)9-12(16)13(17)18/h3-6,12H,1-2,7-9,16H2,(H,17,18).